The van der Waals surface area contributed by atoms with Gasteiger partial charge in [0, 0.05) is 16.6 Å². The third-order valence-corrected chi connectivity index (χ3v) is 5.13. The summed E-state index contributed by atoms with van der Waals surface area (Å²) in [6.07, 6.45) is 1.47. The molecule has 0 spiro atoms. The molecule has 0 amide bonds. The van der Waals surface area contributed by atoms with Crippen LogP contribution in [0, 0.1) is 7.14 Å². The highest BCUT2D eigenvalue weighted by atomic mass is 127. The number of phenols is 1. The molecule has 8 heteroatoms. The predicted octanol–water partition coefficient (Wildman–Crippen LogP) is 3.79. The summed E-state index contributed by atoms with van der Waals surface area (Å²) in [7, 11) is 1.56. The second-order valence-electron chi connectivity index (χ2n) is 4.98. The molecule has 0 atom stereocenters. The Balaban J connectivity index is 2.09. The first kappa shape index (κ1) is 17.4. The number of nitrogens with zero attached hydrogens (tertiary/aromatic N) is 2. The molecule has 0 radical (unpaired) electrons. The molecule has 1 aromatic heterocycles. The molecular formula is C16H13I2N3O3. The molecule has 0 bridgehead atoms. The zero-order valence-electron chi connectivity index (χ0n) is 12.5. The van der Waals surface area contributed by atoms with E-state index in [4.69, 9.17) is 4.74 Å². The first-order valence-electron chi connectivity index (χ1n) is 6.91. The minimum absolute atomic E-state index is 0.125. The minimum Gasteiger partial charge on any atom is -0.506 e. The Morgan fingerprint density at radius 1 is 1.12 bits per heavy atom. The summed E-state index contributed by atoms with van der Waals surface area (Å²) < 4.78 is 6.83. The number of rotatable bonds is 4. The number of aliphatic hydroxyl groups is 1. The van der Waals surface area contributed by atoms with Crippen molar-refractivity contribution in [2.24, 2.45) is 0 Å². The number of benzene rings is 2. The van der Waals surface area contributed by atoms with Gasteiger partial charge in [0.1, 0.15) is 23.6 Å². The van der Waals surface area contributed by atoms with Crippen molar-refractivity contribution in [1.29, 1.82) is 0 Å². The van der Waals surface area contributed by atoms with Gasteiger partial charge >= 0.3 is 0 Å². The fraction of sp³-hybridized carbons (Fsp3) is 0.125. The molecule has 0 aliphatic heterocycles. The molecular weight excluding hydrogens is 536 g/mol. The summed E-state index contributed by atoms with van der Waals surface area (Å²) in [5, 5.41) is 23.4. The fourth-order valence-corrected chi connectivity index (χ4v) is 4.08. The van der Waals surface area contributed by atoms with Gasteiger partial charge in [0.2, 0.25) is 0 Å². The van der Waals surface area contributed by atoms with Gasteiger partial charge in [-0.2, -0.15) is 0 Å². The summed E-state index contributed by atoms with van der Waals surface area (Å²) >= 11 is 4.16. The average Bonchev–Trinajstić information content (AvgIpc) is 2.58. The first-order chi connectivity index (χ1) is 11.5. The molecule has 3 N–H and O–H groups in total. The van der Waals surface area contributed by atoms with Crippen molar-refractivity contribution in [2.45, 2.75) is 6.61 Å². The summed E-state index contributed by atoms with van der Waals surface area (Å²) in [6, 6.07) is 7.27. The van der Waals surface area contributed by atoms with Crippen LogP contribution in [0.15, 0.2) is 30.6 Å². The zero-order valence-corrected chi connectivity index (χ0v) is 16.9. The third-order valence-electron chi connectivity index (χ3n) is 3.49. The predicted molar refractivity (Wildman–Crippen MR) is 109 cm³/mol. The van der Waals surface area contributed by atoms with Crippen LogP contribution in [0.25, 0.3) is 10.9 Å². The highest BCUT2D eigenvalue weighted by Crippen LogP contribution is 2.33. The van der Waals surface area contributed by atoms with Crippen molar-refractivity contribution >= 4 is 67.6 Å². The normalized spacial score (nSPS) is 10.8. The molecule has 2 aromatic carbocycles. The second-order valence-corrected chi connectivity index (χ2v) is 7.30. The summed E-state index contributed by atoms with van der Waals surface area (Å²) in [4.78, 5) is 8.56. The number of hydrogen-bond acceptors (Lipinski definition) is 6. The summed E-state index contributed by atoms with van der Waals surface area (Å²) in [5.41, 5.74) is 2.19. The van der Waals surface area contributed by atoms with Crippen LogP contribution < -0.4 is 10.1 Å². The molecule has 0 fully saturated rings. The fourth-order valence-electron chi connectivity index (χ4n) is 2.31. The smallest absolute Gasteiger partial charge is 0.142 e. The number of aromatic nitrogens is 2. The standard InChI is InChI=1S/C16H13I2N3O3/c1-24-14-5-10-13(2-8(14)6-22)19-7-20-16(10)21-9-3-11(17)15(23)12(18)4-9/h2-5,7,22-23H,6H2,1H3,(H,19,20,21). The van der Waals surface area contributed by atoms with Gasteiger partial charge < -0.3 is 20.3 Å². The number of aliphatic hydroxyl groups excluding tert-OH is 1. The Labute approximate surface area is 165 Å². The average molecular weight is 549 g/mol. The van der Waals surface area contributed by atoms with Gasteiger partial charge in [-0.25, -0.2) is 9.97 Å². The van der Waals surface area contributed by atoms with E-state index < -0.39 is 0 Å². The number of halogens is 2. The number of nitrogens with one attached hydrogen (secondary N) is 1. The maximum absolute atomic E-state index is 9.89. The lowest BCUT2D eigenvalue weighted by Gasteiger charge is -2.13. The number of hydrogen-bond donors (Lipinski definition) is 3. The van der Waals surface area contributed by atoms with Gasteiger partial charge in [0.25, 0.3) is 0 Å². The molecule has 0 aliphatic rings. The van der Waals surface area contributed by atoms with E-state index in [0.717, 1.165) is 18.2 Å². The highest BCUT2D eigenvalue weighted by Gasteiger charge is 2.12. The van der Waals surface area contributed by atoms with Crippen molar-refractivity contribution in [1.82, 2.24) is 9.97 Å². The molecule has 3 rings (SSSR count). The maximum Gasteiger partial charge on any atom is 0.142 e. The van der Waals surface area contributed by atoms with Crippen LogP contribution in [0.1, 0.15) is 5.56 Å². The van der Waals surface area contributed by atoms with E-state index >= 15 is 0 Å². The van der Waals surface area contributed by atoms with Crippen molar-refractivity contribution < 1.29 is 14.9 Å². The Hall–Kier alpha value is -1.40. The number of fused-ring (bicyclic) bond motifs is 1. The lowest BCUT2D eigenvalue weighted by Crippen LogP contribution is -1.99. The van der Waals surface area contributed by atoms with Crippen LogP contribution in [-0.4, -0.2) is 27.3 Å². The Morgan fingerprint density at radius 2 is 1.83 bits per heavy atom. The topological polar surface area (TPSA) is 87.5 Å². The third kappa shape index (κ3) is 3.35. The summed E-state index contributed by atoms with van der Waals surface area (Å²) in [5.74, 6) is 1.47. The first-order valence-corrected chi connectivity index (χ1v) is 9.06. The molecule has 0 saturated carbocycles. The number of methoxy groups -OCH3 is 1. The van der Waals surface area contributed by atoms with Gasteiger partial charge in [-0.1, -0.05) is 0 Å². The molecule has 3 aromatic rings. The van der Waals surface area contributed by atoms with Gasteiger partial charge in [-0.3, -0.25) is 0 Å². The SMILES string of the molecule is COc1cc2c(Nc3cc(I)c(O)c(I)c3)ncnc2cc1CO. The van der Waals surface area contributed by atoms with Crippen LogP contribution >= 0.6 is 45.2 Å². The van der Waals surface area contributed by atoms with Gasteiger partial charge in [-0.15, -0.1) is 0 Å². The number of anilines is 2. The Bertz CT molecular complexity index is 895. The van der Waals surface area contributed by atoms with Gasteiger partial charge in [0.15, 0.2) is 0 Å². The van der Waals surface area contributed by atoms with Crippen molar-refractivity contribution in [3.8, 4) is 11.5 Å². The number of aromatic hydroxyl groups is 1. The highest BCUT2D eigenvalue weighted by molar-refractivity contribution is 14.1. The van der Waals surface area contributed by atoms with Crippen LogP contribution in [0.3, 0.4) is 0 Å². The van der Waals surface area contributed by atoms with E-state index in [2.05, 4.69) is 60.5 Å². The summed E-state index contributed by atoms with van der Waals surface area (Å²) in [6.45, 7) is -0.125. The monoisotopic (exact) mass is 549 g/mol. The molecule has 1 heterocycles. The lowest BCUT2D eigenvalue weighted by molar-refractivity contribution is 0.274. The Morgan fingerprint density at radius 3 is 2.46 bits per heavy atom. The lowest BCUT2D eigenvalue weighted by atomic mass is 10.1. The van der Waals surface area contributed by atoms with Crippen LogP contribution in [0.5, 0.6) is 11.5 Å². The largest absolute Gasteiger partial charge is 0.506 e. The van der Waals surface area contributed by atoms with Crippen molar-refractivity contribution in [2.75, 3.05) is 12.4 Å². The number of ether oxygens (including phenoxy) is 1. The van der Waals surface area contributed by atoms with Crippen molar-refractivity contribution in [3.63, 3.8) is 0 Å². The van der Waals surface area contributed by atoms with E-state index in [1.165, 1.54) is 6.33 Å². The minimum atomic E-state index is -0.125. The quantitative estimate of drug-likeness (QED) is 0.340. The van der Waals surface area contributed by atoms with Crippen LogP contribution in [-0.2, 0) is 6.61 Å². The van der Waals surface area contributed by atoms with Crippen LogP contribution in [0.2, 0.25) is 0 Å². The van der Waals surface area contributed by atoms with E-state index in [-0.39, 0.29) is 12.4 Å². The molecule has 24 heavy (non-hydrogen) atoms. The number of phenolic OH excluding ortho intramolecular Hbond substituents is 1. The van der Waals surface area contributed by atoms with Crippen molar-refractivity contribution in [3.05, 3.63) is 43.3 Å². The van der Waals surface area contributed by atoms with E-state index in [0.29, 0.717) is 22.6 Å². The van der Waals surface area contributed by atoms with Crippen LogP contribution in [0.4, 0.5) is 11.5 Å². The van der Waals surface area contributed by atoms with E-state index in [1.54, 1.807) is 19.2 Å². The van der Waals surface area contributed by atoms with E-state index in [1.807, 2.05) is 12.1 Å². The van der Waals surface area contributed by atoms with E-state index in [9.17, 15) is 10.2 Å². The molecule has 0 saturated heterocycles. The molecule has 6 nitrogen and oxygen atoms in total. The molecule has 0 aliphatic carbocycles. The maximum atomic E-state index is 9.89. The van der Waals surface area contributed by atoms with Gasteiger partial charge in [0.05, 0.1) is 26.4 Å². The Kier molecular flexibility index (Phi) is 5.25. The van der Waals surface area contributed by atoms with Gasteiger partial charge in [-0.05, 0) is 69.4 Å². The second kappa shape index (κ2) is 7.23. The zero-order chi connectivity index (χ0) is 17.3. The molecule has 124 valence electrons. The molecule has 0 unspecified atom stereocenters.